The molecule has 0 aliphatic carbocycles. The quantitative estimate of drug-likeness (QED) is 0.818. The Hall–Kier alpha value is -2.87. The highest BCUT2D eigenvalue weighted by Crippen LogP contribution is 2.29. The molecule has 150 valence electrons. The van der Waals surface area contributed by atoms with Crippen LogP contribution >= 0.6 is 0 Å². The van der Waals surface area contributed by atoms with Crippen LogP contribution in [0.25, 0.3) is 0 Å². The normalized spacial score (nSPS) is 11.4. The van der Waals surface area contributed by atoms with Gasteiger partial charge >= 0.3 is 6.18 Å². The van der Waals surface area contributed by atoms with Gasteiger partial charge in [-0.25, -0.2) is 0 Å². The zero-order chi connectivity index (χ0) is 20.9. The summed E-state index contributed by atoms with van der Waals surface area (Å²) in [6, 6.07) is 11.5. The lowest BCUT2D eigenvalue weighted by atomic mass is 10.1. The third-order valence-electron chi connectivity index (χ3n) is 3.95. The van der Waals surface area contributed by atoms with Gasteiger partial charge in [0, 0.05) is 31.9 Å². The number of amides is 2. The van der Waals surface area contributed by atoms with E-state index in [0.29, 0.717) is 23.4 Å². The molecule has 0 aromatic heterocycles. The average Bonchev–Trinajstić information content (AvgIpc) is 2.60. The molecule has 2 amide bonds. The average molecular weight is 393 g/mol. The first-order valence-electron chi connectivity index (χ1n) is 8.52. The molecule has 0 fully saturated rings. The van der Waals surface area contributed by atoms with Crippen molar-refractivity contribution in [3.05, 3.63) is 65.2 Å². The highest BCUT2D eigenvalue weighted by atomic mass is 19.4. The molecule has 0 radical (unpaired) electrons. The maximum Gasteiger partial charge on any atom is 0.416 e. The number of nitrogens with zero attached hydrogens (tertiary/aromatic N) is 2. The van der Waals surface area contributed by atoms with Gasteiger partial charge in [-0.2, -0.15) is 13.2 Å². The summed E-state index contributed by atoms with van der Waals surface area (Å²) >= 11 is 0. The van der Waals surface area contributed by atoms with Crippen LogP contribution < -0.4 is 5.32 Å². The molecule has 0 saturated heterocycles. The van der Waals surface area contributed by atoms with E-state index in [4.69, 9.17) is 0 Å². The van der Waals surface area contributed by atoms with E-state index in [9.17, 15) is 22.8 Å². The SMILES string of the molecule is CN(CC(=O)Nc1cccc(C(=O)N(C)C)c1)Cc1ccc(C(F)(F)F)cc1. The van der Waals surface area contributed by atoms with Gasteiger partial charge in [-0.15, -0.1) is 0 Å². The Morgan fingerprint density at radius 3 is 2.21 bits per heavy atom. The van der Waals surface area contributed by atoms with Crippen LogP contribution in [0.3, 0.4) is 0 Å². The van der Waals surface area contributed by atoms with Crippen molar-refractivity contribution in [1.82, 2.24) is 9.80 Å². The van der Waals surface area contributed by atoms with Crippen molar-refractivity contribution >= 4 is 17.5 Å². The number of hydrogen-bond donors (Lipinski definition) is 1. The van der Waals surface area contributed by atoms with Crippen LogP contribution in [0.1, 0.15) is 21.5 Å². The summed E-state index contributed by atoms with van der Waals surface area (Å²) in [7, 11) is 4.98. The zero-order valence-corrected chi connectivity index (χ0v) is 15.9. The van der Waals surface area contributed by atoms with E-state index in [-0.39, 0.29) is 18.4 Å². The molecule has 8 heteroatoms. The zero-order valence-electron chi connectivity index (χ0n) is 15.9. The summed E-state index contributed by atoms with van der Waals surface area (Å²) in [5.41, 5.74) is 0.923. The highest BCUT2D eigenvalue weighted by molar-refractivity contribution is 5.97. The minimum atomic E-state index is -4.37. The fourth-order valence-corrected chi connectivity index (χ4v) is 2.60. The van der Waals surface area contributed by atoms with Gasteiger partial charge in [0.2, 0.25) is 5.91 Å². The van der Waals surface area contributed by atoms with E-state index >= 15 is 0 Å². The summed E-state index contributed by atoms with van der Waals surface area (Å²) in [6.45, 7) is 0.373. The number of nitrogens with one attached hydrogen (secondary N) is 1. The van der Waals surface area contributed by atoms with E-state index in [1.807, 2.05) is 0 Å². The summed E-state index contributed by atoms with van der Waals surface area (Å²) < 4.78 is 37.8. The van der Waals surface area contributed by atoms with E-state index in [1.54, 1.807) is 50.3 Å². The molecule has 2 aromatic carbocycles. The second-order valence-corrected chi connectivity index (χ2v) is 6.70. The number of likely N-dealkylation sites (N-methyl/N-ethyl adjacent to an activating group) is 1. The molecule has 2 rings (SSSR count). The smallest absolute Gasteiger partial charge is 0.345 e. The molecule has 0 spiro atoms. The largest absolute Gasteiger partial charge is 0.416 e. The van der Waals surface area contributed by atoms with E-state index in [2.05, 4.69) is 5.32 Å². The first-order chi connectivity index (χ1) is 13.1. The van der Waals surface area contributed by atoms with Crippen molar-refractivity contribution < 1.29 is 22.8 Å². The van der Waals surface area contributed by atoms with E-state index < -0.39 is 11.7 Å². The van der Waals surface area contributed by atoms with Crippen LogP contribution in [0.15, 0.2) is 48.5 Å². The molecular weight excluding hydrogens is 371 g/mol. The molecule has 2 aromatic rings. The van der Waals surface area contributed by atoms with Gasteiger partial charge in [0.25, 0.3) is 5.91 Å². The maximum absolute atomic E-state index is 12.6. The van der Waals surface area contributed by atoms with Crippen molar-refractivity contribution in [2.24, 2.45) is 0 Å². The van der Waals surface area contributed by atoms with Crippen molar-refractivity contribution in [3.8, 4) is 0 Å². The predicted octanol–water partition coefficient (Wildman–Crippen LogP) is 3.48. The number of carbonyl (C=O) groups is 2. The molecule has 1 N–H and O–H groups in total. The number of rotatable bonds is 6. The lowest BCUT2D eigenvalue weighted by molar-refractivity contribution is -0.137. The van der Waals surface area contributed by atoms with Crippen LogP contribution in [-0.2, 0) is 17.5 Å². The molecule has 0 aliphatic heterocycles. The lowest BCUT2D eigenvalue weighted by Crippen LogP contribution is -2.30. The van der Waals surface area contributed by atoms with Gasteiger partial charge in [-0.05, 0) is 42.9 Å². The molecule has 5 nitrogen and oxygen atoms in total. The van der Waals surface area contributed by atoms with Gasteiger partial charge < -0.3 is 10.2 Å². The third-order valence-corrected chi connectivity index (χ3v) is 3.95. The standard InChI is InChI=1S/C20H22F3N3O2/c1-25(2)19(28)15-5-4-6-17(11-15)24-18(27)13-26(3)12-14-7-9-16(10-8-14)20(21,22)23/h4-11H,12-13H2,1-3H3,(H,24,27). The summed E-state index contributed by atoms with van der Waals surface area (Å²) in [5, 5.41) is 2.72. The molecular formula is C20H22F3N3O2. The Bertz CT molecular complexity index is 833. The van der Waals surface area contributed by atoms with Crippen molar-refractivity contribution in [2.75, 3.05) is 33.0 Å². The molecule has 0 bridgehead atoms. The molecule has 0 aliphatic rings. The number of anilines is 1. The van der Waals surface area contributed by atoms with Crippen LogP contribution in [0.2, 0.25) is 0 Å². The van der Waals surface area contributed by atoms with Gasteiger partial charge in [-0.3, -0.25) is 14.5 Å². The van der Waals surface area contributed by atoms with E-state index in [0.717, 1.165) is 12.1 Å². The maximum atomic E-state index is 12.6. The van der Waals surface area contributed by atoms with E-state index in [1.165, 1.54) is 17.0 Å². The Morgan fingerprint density at radius 2 is 1.64 bits per heavy atom. The van der Waals surface area contributed by atoms with Crippen molar-refractivity contribution in [3.63, 3.8) is 0 Å². The van der Waals surface area contributed by atoms with Crippen LogP contribution in [-0.4, -0.2) is 49.3 Å². The number of alkyl halides is 3. The molecule has 0 saturated carbocycles. The fraction of sp³-hybridized carbons (Fsp3) is 0.300. The van der Waals surface area contributed by atoms with Crippen molar-refractivity contribution in [2.45, 2.75) is 12.7 Å². The molecule has 0 heterocycles. The molecule has 28 heavy (non-hydrogen) atoms. The highest BCUT2D eigenvalue weighted by Gasteiger charge is 2.29. The topological polar surface area (TPSA) is 52.7 Å². The molecule has 0 atom stereocenters. The monoisotopic (exact) mass is 393 g/mol. The fourth-order valence-electron chi connectivity index (χ4n) is 2.60. The van der Waals surface area contributed by atoms with Crippen LogP contribution in [0, 0.1) is 0 Å². The second-order valence-electron chi connectivity index (χ2n) is 6.70. The summed E-state index contributed by atoms with van der Waals surface area (Å²) in [4.78, 5) is 27.3. The Kier molecular flexibility index (Phi) is 6.80. The first kappa shape index (κ1) is 21.4. The number of carbonyl (C=O) groups excluding carboxylic acids is 2. The summed E-state index contributed by atoms with van der Waals surface area (Å²) in [5.74, 6) is -0.459. The Morgan fingerprint density at radius 1 is 1.00 bits per heavy atom. The predicted molar refractivity (Wildman–Crippen MR) is 101 cm³/mol. The second kappa shape index (κ2) is 8.88. The Labute approximate surface area is 161 Å². The van der Waals surface area contributed by atoms with Gasteiger partial charge in [0.05, 0.1) is 12.1 Å². The minimum Gasteiger partial charge on any atom is -0.345 e. The minimum absolute atomic E-state index is 0.0485. The molecule has 0 unspecified atom stereocenters. The van der Waals surface area contributed by atoms with Crippen LogP contribution in [0.5, 0.6) is 0 Å². The van der Waals surface area contributed by atoms with Gasteiger partial charge in [-0.1, -0.05) is 18.2 Å². The Balaban J connectivity index is 1.92. The number of hydrogen-bond acceptors (Lipinski definition) is 3. The van der Waals surface area contributed by atoms with Gasteiger partial charge in [0.1, 0.15) is 0 Å². The number of halogens is 3. The van der Waals surface area contributed by atoms with Crippen LogP contribution in [0.4, 0.5) is 18.9 Å². The first-order valence-corrected chi connectivity index (χ1v) is 8.52. The number of benzene rings is 2. The van der Waals surface area contributed by atoms with Crippen molar-refractivity contribution in [1.29, 1.82) is 0 Å². The third kappa shape index (κ3) is 6.09. The lowest BCUT2D eigenvalue weighted by Gasteiger charge is -2.17. The van der Waals surface area contributed by atoms with Gasteiger partial charge in [0.15, 0.2) is 0 Å². The summed E-state index contributed by atoms with van der Waals surface area (Å²) in [6.07, 6.45) is -4.37.